The third kappa shape index (κ3) is 2.19. The lowest BCUT2D eigenvalue weighted by atomic mass is 10.2. The van der Waals surface area contributed by atoms with E-state index >= 15 is 0 Å². The van der Waals surface area contributed by atoms with Gasteiger partial charge < -0.3 is 10.3 Å². The van der Waals surface area contributed by atoms with Crippen LogP contribution in [-0.4, -0.2) is 10.1 Å². The van der Waals surface area contributed by atoms with Crippen molar-refractivity contribution in [2.75, 3.05) is 0 Å². The maximum Gasteiger partial charge on any atom is 0.240 e. The summed E-state index contributed by atoms with van der Waals surface area (Å²) in [5.41, 5.74) is 6.20. The summed E-state index contributed by atoms with van der Waals surface area (Å²) in [6, 6.07) is 5.41. The van der Waals surface area contributed by atoms with Gasteiger partial charge in [-0.3, -0.25) is 0 Å². The van der Waals surface area contributed by atoms with E-state index in [1.165, 1.54) is 0 Å². The molecule has 0 amide bonds. The average molecular weight is 289 g/mol. The molecule has 0 unspecified atom stereocenters. The van der Waals surface area contributed by atoms with Crippen LogP contribution < -0.4 is 5.73 Å². The molecule has 0 bridgehead atoms. The highest BCUT2D eigenvalue weighted by atomic mass is 79.9. The summed E-state index contributed by atoms with van der Waals surface area (Å²) in [5, 5.41) is 4.44. The van der Waals surface area contributed by atoms with Crippen LogP contribution in [0.15, 0.2) is 27.2 Å². The summed E-state index contributed by atoms with van der Waals surface area (Å²) in [6.07, 6.45) is 0. The second-order valence-electron chi connectivity index (χ2n) is 2.84. The van der Waals surface area contributed by atoms with Crippen molar-refractivity contribution in [1.82, 2.24) is 10.1 Å². The monoisotopic (exact) mass is 287 g/mol. The average Bonchev–Trinajstić information content (AvgIpc) is 2.70. The van der Waals surface area contributed by atoms with Gasteiger partial charge in [-0.1, -0.05) is 16.8 Å². The molecule has 0 radical (unpaired) electrons. The lowest BCUT2D eigenvalue weighted by Crippen LogP contribution is -1.95. The number of aromatic nitrogens is 2. The fourth-order valence-corrected chi connectivity index (χ4v) is 1.59. The van der Waals surface area contributed by atoms with E-state index in [1.807, 2.05) is 12.1 Å². The molecule has 0 atom stereocenters. The van der Waals surface area contributed by atoms with Crippen LogP contribution in [0.4, 0.5) is 0 Å². The lowest BCUT2D eigenvalue weighted by molar-refractivity contribution is 0.380. The van der Waals surface area contributed by atoms with E-state index in [-0.39, 0.29) is 6.54 Å². The molecule has 0 aliphatic rings. The number of hydrogen-bond donors (Lipinski definition) is 1. The normalized spacial score (nSPS) is 10.6. The molecule has 0 saturated carbocycles. The van der Waals surface area contributed by atoms with Gasteiger partial charge in [0, 0.05) is 10.0 Å². The Labute approximate surface area is 99.5 Å². The minimum absolute atomic E-state index is 0.238. The molecule has 0 spiro atoms. The molecule has 0 aliphatic carbocycles. The Morgan fingerprint density at radius 2 is 2.27 bits per heavy atom. The summed E-state index contributed by atoms with van der Waals surface area (Å²) in [7, 11) is 0. The zero-order chi connectivity index (χ0) is 10.8. The fourth-order valence-electron chi connectivity index (χ4n) is 1.09. The third-order valence-corrected chi connectivity index (χ3v) is 3.03. The Balaban J connectivity index is 2.40. The van der Waals surface area contributed by atoms with E-state index < -0.39 is 0 Å². The van der Waals surface area contributed by atoms with Crippen LogP contribution in [0.3, 0.4) is 0 Å². The summed E-state index contributed by atoms with van der Waals surface area (Å²) in [4.78, 5) is 4.10. The van der Waals surface area contributed by atoms with E-state index in [9.17, 15) is 0 Å². The summed E-state index contributed by atoms with van der Waals surface area (Å²) < 4.78 is 5.70. The molecule has 2 aromatic rings. The van der Waals surface area contributed by atoms with Gasteiger partial charge in [0.05, 0.1) is 11.6 Å². The van der Waals surface area contributed by atoms with Gasteiger partial charge in [-0.25, -0.2) is 0 Å². The highest BCUT2D eigenvalue weighted by molar-refractivity contribution is 9.10. The number of rotatable bonds is 2. The van der Waals surface area contributed by atoms with E-state index in [1.54, 1.807) is 6.07 Å². The van der Waals surface area contributed by atoms with E-state index in [2.05, 4.69) is 26.1 Å². The first-order chi connectivity index (χ1) is 7.20. The van der Waals surface area contributed by atoms with Crippen LogP contribution in [-0.2, 0) is 6.54 Å². The summed E-state index contributed by atoms with van der Waals surface area (Å²) >= 11 is 9.19. The van der Waals surface area contributed by atoms with Gasteiger partial charge in [-0.15, -0.1) is 0 Å². The molecule has 0 fully saturated rings. The number of halogens is 2. The molecule has 1 aromatic carbocycles. The molecule has 0 saturated heterocycles. The van der Waals surface area contributed by atoms with Crippen molar-refractivity contribution in [2.24, 2.45) is 5.73 Å². The van der Waals surface area contributed by atoms with Crippen molar-refractivity contribution < 1.29 is 4.52 Å². The van der Waals surface area contributed by atoms with Crippen molar-refractivity contribution in [3.63, 3.8) is 0 Å². The molecule has 4 nitrogen and oxygen atoms in total. The standard InChI is InChI=1S/C9H7BrClN3O/c10-6-3-5(1-2-7(6)11)9-13-8(4-12)15-14-9/h1-3H,4,12H2. The molecule has 6 heteroatoms. The molecular formula is C9H7BrClN3O. The summed E-state index contributed by atoms with van der Waals surface area (Å²) in [5.74, 6) is 0.920. The minimum atomic E-state index is 0.238. The second kappa shape index (κ2) is 4.30. The van der Waals surface area contributed by atoms with Gasteiger partial charge in [-0.2, -0.15) is 4.98 Å². The number of nitrogens with two attached hydrogens (primary N) is 1. The number of benzene rings is 1. The molecule has 15 heavy (non-hydrogen) atoms. The van der Waals surface area contributed by atoms with Crippen LogP contribution in [0.2, 0.25) is 5.02 Å². The van der Waals surface area contributed by atoms with Gasteiger partial charge >= 0.3 is 0 Å². The highest BCUT2D eigenvalue weighted by Crippen LogP contribution is 2.27. The third-order valence-electron chi connectivity index (χ3n) is 1.82. The first kappa shape index (κ1) is 10.6. The molecule has 2 N–H and O–H groups in total. The smallest absolute Gasteiger partial charge is 0.240 e. The topological polar surface area (TPSA) is 64.9 Å². The Morgan fingerprint density at radius 1 is 1.47 bits per heavy atom. The van der Waals surface area contributed by atoms with Gasteiger partial charge in [-0.05, 0) is 34.1 Å². The van der Waals surface area contributed by atoms with Crippen LogP contribution in [0, 0.1) is 0 Å². The van der Waals surface area contributed by atoms with Crippen LogP contribution in [0.1, 0.15) is 5.89 Å². The first-order valence-corrected chi connectivity index (χ1v) is 5.36. The predicted octanol–water partition coefficient (Wildman–Crippen LogP) is 2.61. The maximum absolute atomic E-state index is 5.87. The number of hydrogen-bond acceptors (Lipinski definition) is 4. The molecule has 1 aromatic heterocycles. The van der Waals surface area contributed by atoms with Crippen molar-refractivity contribution in [1.29, 1.82) is 0 Å². The second-order valence-corrected chi connectivity index (χ2v) is 4.11. The quantitative estimate of drug-likeness (QED) is 0.922. The Kier molecular flexibility index (Phi) is 3.04. The van der Waals surface area contributed by atoms with Gasteiger partial charge in [0.25, 0.3) is 0 Å². The van der Waals surface area contributed by atoms with Crippen molar-refractivity contribution in [3.8, 4) is 11.4 Å². The Bertz CT molecular complexity index is 486. The van der Waals surface area contributed by atoms with Gasteiger partial charge in [0.15, 0.2) is 0 Å². The van der Waals surface area contributed by atoms with Crippen molar-refractivity contribution in [3.05, 3.63) is 33.6 Å². The highest BCUT2D eigenvalue weighted by Gasteiger charge is 2.08. The van der Waals surface area contributed by atoms with Gasteiger partial charge in [0.2, 0.25) is 11.7 Å². The molecule has 78 valence electrons. The lowest BCUT2D eigenvalue weighted by Gasteiger charge is -1.97. The summed E-state index contributed by atoms with van der Waals surface area (Å²) in [6.45, 7) is 0.238. The zero-order valence-corrected chi connectivity index (χ0v) is 9.92. The molecule has 1 heterocycles. The van der Waals surface area contributed by atoms with E-state index in [0.29, 0.717) is 16.7 Å². The van der Waals surface area contributed by atoms with E-state index in [4.69, 9.17) is 21.9 Å². The predicted molar refractivity (Wildman–Crippen MR) is 60.3 cm³/mol. The van der Waals surface area contributed by atoms with Crippen LogP contribution in [0.5, 0.6) is 0 Å². The molecular weight excluding hydrogens is 281 g/mol. The Hall–Kier alpha value is -0.910. The van der Waals surface area contributed by atoms with Crippen LogP contribution in [0.25, 0.3) is 11.4 Å². The first-order valence-electron chi connectivity index (χ1n) is 4.19. The maximum atomic E-state index is 5.87. The van der Waals surface area contributed by atoms with Crippen LogP contribution >= 0.6 is 27.5 Å². The van der Waals surface area contributed by atoms with Crippen molar-refractivity contribution in [2.45, 2.75) is 6.54 Å². The molecule has 0 aliphatic heterocycles. The fraction of sp³-hybridized carbons (Fsp3) is 0.111. The Morgan fingerprint density at radius 3 is 2.87 bits per heavy atom. The number of nitrogens with zero attached hydrogens (tertiary/aromatic N) is 2. The van der Waals surface area contributed by atoms with Gasteiger partial charge in [0.1, 0.15) is 0 Å². The SMILES string of the molecule is NCc1nc(-c2ccc(Cl)c(Br)c2)no1. The minimum Gasteiger partial charge on any atom is -0.338 e. The van der Waals surface area contributed by atoms with E-state index in [0.717, 1.165) is 10.0 Å². The zero-order valence-electron chi connectivity index (χ0n) is 7.58. The largest absolute Gasteiger partial charge is 0.338 e. The molecule has 2 rings (SSSR count). The van der Waals surface area contributed by atoms with Crippen molar-refractivity contribution >= 4 is 27.5 Å².